The van der Waals surface area contributed by atoms with E-state index in [2.05, 4.69) is 0 Å². The molecule has 0 saturated carbocycles. The molecule has 98 valence electrons. The lowest BCUT2D eigenvalue weighted by atomic mass is 10.1. The van der Waals surface area contributed by atoms with Crippen LogP contribution in [0.4, 0.5) is 17.6 Å². The summed E-state index contributed by atoms with van der Waals surface area (Å²) in [5.41, 5.74) is 0. The zero-order valence-corrected chi connectivity index (χ0v) is 10.8. The molecule has 0 aromatic rings. The molecule has 1 N–H and O–H groups in total. The Morgan fingerprint density at radius 1 is 1.19 bits per heavy atom. The van der Waals surface area contributed by atoms with Gasteiger partial charge in [-0.2, -0.15) is 17.6 Å². The van der Waals surface area contributed by atoms with E-state index in [0.717, 1.165) is 0 Å². The number of hydrogen-bond donors (Lipinski definition) is 1. The van der Waals surface area contributed by atoms with Gasteiger partial charge in [0, 0.05) is 13.0 Å². The summed E-state index contributed by atoms with van der Waals surface area (Å²) in [6.45, 7) is 4.71. The molecule has 0 bridgehead atoms. The van der Waals surface area contributed by atoms with E-state index in [9.17, 15) is 22.7 Å². The minimum Gasteiger partial charge on any atom is -0.392 e. The average Bonchev–Trinajstić information content (AvgIpc) is 2.11. The van der Waals surface area contributed by atoms with Crippen molar-refractivity contribution in [1.82, 2.24) is 4.90 Å². The van der Waals surface area contributed by atoms with Gasteiger partial charge in [-0.3, -0.25) is 0 Å². The standard InChI is InChI=1S/C9H16BrF4NO/c1-3-15(4-2)6-7(16)5-8(11,12)9(10,13)14/h7,16H,3-6H2,1-2H3. The summed E-state index contributed by atoms with van der Waals surface area (Å²) in [5, 5.41) is 9.30. The van der Waals surface area contributed by atoms with E-state index in [0.29, 0.717) is 13.1 Å². The zero-order valence-electron chi connectivity index (χ0n) is 9.19. The third-order valence-corrected chi connectivity index (χ3v) is 2.85. The normalized spacial score (nSPS) is 15.6. The quantitative estimate of drug-likeness (QED) is 0.577. The summed E-state index contributed by atoms with van der Waals surface area (Å²) < 4.78 is 50.5. The molecule has 0 aliphatic heterocycles. The second-order valence-electron chi connectivity index (χ2n) is 3.55. The first-order valence-corrected chi connectivity index (χ1v) is 5.78. The van der Waals surface area contributed by atoms with Gasteiger partial charge in [-0.1, -0.05) is 13.8 Å². The highest BCUT2D eigenvalue weighted by Gasteiger charge is 2.54. The molecule has 2 nitrogen and oxygen atoms in total. The molecule has 0 fully saturated rings. The maximum Gasteiger partial charge on any atom is 0.363 e. The third-order valence-electron chi connectivity index (χ3n) is 2.27. The fourth-order valence-electron chi connectivity index (χ4n) is 1.26. The number of aliphatic hydroxyl groups is 1. The summed E-state index contributed by atoms with van der Waals surface area (Å²) in [7, 11) is 0. The van der Waals surface area contributed by atoms with Crippen molar-refractivity contribution in [2.75, 3.05) is 19.6 Å². The van der Waals surface area contributed by atoms with Crippen LogP contribution in [-0.2, 0) is 0 Å². The molecular formula is C9H16BrF4NO. The molecule has 0 aromatic heterocycles. The SMILES string of the molecule is CCN(CC)CC(O)CC(F)(F)C(F)(F)Br. The number of alkyl halides is 5. The summed E-state index contributed by atoms with van der Waals surface area (Å²) >= 11 is 1.62. The second kappa shape index (κ2) is 6.16. The molecule has 0 saturated heterocycles. The molecule has 0 aromatic carbocycles. The highest BCUT2D eigenvalue weighted by atomic mass is 79.9. The van der Waals surface area contributed by atoms with E-state index in [-0.39, 0.29) is 6.54 Å². The van der Waals surface area contributed by atoms with E-state index in [1.54, 1.807) is 34.7 Å². The number of likely N-dealkylation sites (N-methyl/N-ethyl adjacent to an activating group) is 1. The Bertz CT molecular complexity index is 206. The maximum absolute atomic E-state index is 12.9. The molecule has 16 heavy (non-hydrogen) atoms. The second-order valence-corrected chi connectivity index (χ2v) is 4.54. The molecule has 1 atom stereocenters. The van der Waals surface area contributed by atoms with Gasteiger partial charge in [0.15, 0.2) is 0 Å². The minimum atomic E-state index is -4.29. The number of aliphatic hydroxyl groups excluding tert-OH is 1. The lowest BCUT2D eigenvalue weighted by molar-refractivity contribution is -0.166. The van der Waals surface area contributed by atoms with Crippen molar-refractivity contribution in [3.8, 4) is 0 Å². The molecule has 0 heterocycles. The Kier molecular flexibility index (Phi) is 6.21. The molecule has 1 unspecified atom stereocenters. The first-order valence-electron chi connectivity index (χ1n) is 4.99. The van der Waals surface area contributed by atoms with Gasteiger partial charge in [0.1, 0.15) is 0 Å². The van der Waals surface area contributed by atoms with Crippen LogP contribution in [0.1, 0.15) is 20.3 Å². The average molecular weight is 310 g/mol. The van der Waals surface area contributed by atoms with Gasteiger partial charge in [0.05, 0.1) is 6.10 Å². The number of rotatable bonds is 7. The van der Waals surface area contributed by atoms with E-state index in [1.165, 1.54) is 0 Å². The Labute approximate surface area is 101 Å². The fourth-order valence-corrected chi connectivity index (χ4v) is 1.42. The molecule has 0 spiro atoms. The molecule has 0 amide bonds. The first kappa shape index (κ1) is 16.1. The van der Waals surface area contributed by atoms with Gasteiger partial charge in [-0.25, -0.2) is 0 Å². The molecule has 0 rings (SSSR count). The van der Waals surface area contributed by atoms with E-state index < -0.39 is 23.3 Å². The van der Waals surface area contributed by atoms with Gasteiger partial charge < -0.3 is 10.0 Å². The van der Waals surface area contributed by atoms with Crippen LogP contribution in [0, 0.1) is 0 Å². The van der Waals surface area contributed by atoms with Crippen molar-refractivity contribution in [2.24, 2.45) is 0 Å². The molecular weight excluding hydrogens is 294 g/mol. The molecule has 0 aliphatic rings. The van der Waals surface area contributed by atoms with Crippen molar-refractivity contribution in [3.63, 3.8) is 0 Å². The van der Waals surface area contributed by atoms with Gasteiger partial charge in [0.25, 0.3) is 0 Å². The van der Waals surface area contributed by atoms with Crippen molar-refractivity contribution >= 4 is 15.9 Å². The summed E-state index contributed by atoms with van der Waals surface area (Å²) in [4.78, 5) is -2.60. The number of nitrogens with zero attached hydrogens (tertiary/aromatic N) is 1. The first-order chi connectivity index (χ1) is 7.14. The largest absolute Gasteiger partial charge is 0.392 e. The van der Waals surface area contributed by atoms with Crippen LogP contribution < -0.4 is 0 Å². The van der Waals surface area contributed by atoms with Gasteiger partial charge in [-0.15, -0.1) is 0 Å². The van der Waals surface area contributed by atoms with Crippen LogP contribution in [0.3, 0.4) is 0 Å². The minimum absolute atomic E-state index is 0.0360. The van der Waals surface area contributed by atoms with Crippen LogP contribution in [0.15, 0.2) is 0 Å². The zero-order chi connectivity index (χ0) is 13.0. The van der Waals surface area contributed by atoms with Crippen molar-refractivity contribution in [2.45, 2.75) is 37.1 Å². The van der Waals surface area contributed by atoms with Crippen LogP contribution in [-0.4, -0.2) is 46.5 Å². The Hall–Kier alpha value is 0.120. The highest BCUT2D eigenvalue weighted by molar-refractivity contribution is 9.10. The number of hydrogen-bond acceptors (Lipinski definition) is 2. The number of halogens is 5. The van der Waals surface area contributed by atoms with E-state index >= 15 is 0 Å². The molecule has 0 radical (unpaired) electrons. The lowest BCUT2D eigenvalue weighted by Gasteiger charge is -2.27. The fraction of sp³-hybridized carbons (Fsp3) is 1.00. The predicted octanol–water partition coefficient (Wildman–Crippen LogP) is 2.70. The summed E-state index contributed by atoms with van der Waals surface area (Å²) in [6.07, 6.45) is -2.74. The predicted molar refractivity (Wildman–Crippen MR) is 57.2 cm³/mol. The van der Waals surface area contributed by atoms with Gasteiger partial charge in [-0.05, 0) is 29.0 Å². The van der Waals surface area contributed by atoms with Crippen LogP contribution in [0.2, 0.25) is 0 Å². The Morgan fingerprint density at radius 3 is 1.94 bits per heavy atom. The maximum atomic E-state index is 12.9. The molecule has 7 heteroatoms. The van der Waals surface area contributed by atoms with E-state index in [4.69, 9.17) is 0 Å². The van der Waals surface area contributed by atoms with Crippen LogP contribution in [0.5, 0.6) is 0 Å². The van der Waals surface area contributed by atoms with Gasteiger partial charge >= 0.3 is 10.8 Å². The highest BCUT2D eigenvalue weighted by Crippen LogP contribution is 2.42. The monoisotopic (exact) mass is 309 g/mol. The van der Waals surface area contributed by atoms with Crippen molar-refractivity contribution in [1.29, 1.82) is 0 Å². The topological polar surface area (TPSA) is 23.5 Å². The van der Waals surface area contributed by atoms with Crippen molar-refractivity contribution < 1.29 is 22.7 Å². The van der Waals surface area contributed by atoms with Crippen molar-refractivity contribution in [3.05, 3.63) is 0 Å². The summed E-state index contributed by atoms with van der Waals surface area (Å²) in [5.74, 6) is -4.25. The van der Waals surface area contributed by atoms with Gasteiger partial charge in [0.2, 0.25) is 0 Å². The van der Waals surface area contributed by atoms with E-state index in [1.807, 2.05) is 0 Å². The smallest absolute Gasteiger partial charge is 0.363 e. The Morgan fingerprint density at radius 2 is 1.62 bits per heavy atom. The third kappa shape index (κ3) is 4.97. The Balaban J connectivity index is 4.28. The van der Waals surface area contributed by atoms with Crippen LogP contribution in [0.25, 0.3) is 0 Å². The summed E-state index contributed by atoms with van der Waals surface area (Å²) in [6, 6.07) is 0. The molecule has 0 aliphatic carbocycles. The van der Waals surface area contributed by atoms with Crippen LogP contribution >= 0.6 is 15.9 Å². The lowest BCUT2D eigenvalue weighted by Crippen LogP contribution is -2.42.